The summed E-state index contributed by atoms with van der Waals surface area (Å²) in [6.07, 6.45) is 3.60. The van der Waals surface area contributed by atoms with E-state index in [2.05, 4.69) is 25.7 Å². The Hall–Kier alpha value is -0.630. The van der Waals surface area contributed by atoms with Crippen LogP contribution in [-0.2, 0) is 4.79 Å². The third-order valence-corrected chi connectivity index (χ3v) is 2.00. The second-order valence-electron chi connectivity index (χ2n) is 2.93. The van der Waals surface area contributed by atoms with Gasteiger partial charge in [-0.3, -0.25) is 9.69 Å². The minimum Gasteiger partial charge on any atom is -0.298 e. The van der Waals surface area contributed by atoms with Crippen LogP contribution in [0.15, 0.2) is 12.2 Å². The van der Waals surface area contributed by atoms with Crippen LogP contribution in [0.25, 0.3) is 0 Å². The lowest BCUT2D eigenvalue weighted by molar-refractivity contribution is -0.112. The summed E-state index contributed by atoms with van der Waals surface area (Å²) in [5.41, 5.74) is 0. The number of rotatable bonds is 5. The van der Waals surface area contributed by atoms with Gasteiger partial charge in [0.15, 0.2) is 5.78 Å². The first-order chi connectivity index (χ1) is 5.61. The Balaban J connectivity index is 3.99. The second kappa shape index (κ2) is 5.95. The smallest absolute Gasteiger partial charge is 0.152 e. The average molecular weight is 169 g/mol. The molecule has 1 atom stereocenters. The highest BCUT2D eigenvalue weighted by molar-refractivity contribution is 5.87. The molecule has 0 heterocycles. The normalized spacial score (nSPS) is 14.1. The van der Waals surface area contributed by atoms with E-state index in [-0.39, 0.29) is 5.78 Å². The van der Waals surface area contributed by atoms with E-state index in [4.69, 9.17) is 0 Å². The molecule has 0 aliphatic carbocycles. The molecule has 0 aliphatic heterocycles. The second-order valence-corrected chi connectivity index (χ2v) is 2.93. The lowest BCUT2D eigenvalue weighted by Crippen LogP contribution is -2.31. The summed E-state index contributed by atoms with van der Waals surface area (Å²) < 4.78 is 0. The first-order valence-corrected chi connectivity index (χ1v) is 4.54. The van der Waals surface area contributed by atoms with Crippen molar-refractivity contribution < 1.29 is 4.79 Å². The summed E-state index contributed by atoms with van der Waals surface area (Å²) in [4.78, 5) is 12.9. The van der Waals surface area contributed by atoms with Gasteiger partial charge in [0.25, 0.3) is 0 Å². The number of allylic oxidation sites excluding steroid dienone is 1. The zero-order valence-electron chi connectivity index (χ0n) is 8.50. The summed E-state index contributed by atoms with van der Waals surface area (Å²) in [7, 11) is 0. The van der Waals surface area contributed by atoms with Crippen LogP contribution in [0.2, 0.25) is 0 Å². The third-order valence-electron chi connectivity index (χ3n) is 2.00. The maximum atomic E-state index is 10.6. The van der Waals surface area contributed by atoms with Crippen LogP contribution in [0.4, 0.5) is 0 Å². The van der Waals surface area contributed by atoms with Crippen molar-refractivity contribution >= 4 is 5.78 Å². The molecular weight excluding hydrogens is 150 g/mol. The molecule has 2 heteroatoms. The lowest BCUT2D eigenvalue weighted by atomic mass is 10.2. The van der Waals surface area contributed by atoms with Gasteiger partial charge in [-0.1, -0.05) is 19.9 Å². The molecule has 0 radical (unpaired) electrons. The molecule has 0 aliphatic rings. The third kappa shape index (κ3) is 4.29. The molecular formula is C10H19NO. The molecule has 0 aromatic rings. The van der Waals surface area contributed by atoms with E-state index in [1.165, 1.54) is 0 Å². The van der Waals surface area contributed by atoms with Crippen molar-refractivity contribution in [1.82, 2.24) is 4.90 Å². The van der Waals surface area contributed by atoms with E-state index in [1.807, 2.05) is 6.08 Å². The molecule has 0 saturated heterocycles. The maximum absolute atomic E-state index is 10.6. The Morgan fingerprint density at radius 3 is 2.25 bits per heavy atom. The highest BCUT2D eigenvalue weighted by Crippen LogP contribution is 1.99. The number of carbonyl (C=O) groups excluding carboxylic acids is 1. The number of carbonyl (C=O) groups is 1. The van der Waals surface area contributed by atoms with Crippen molar-refractivity contribution in [2.75, 3.05) is 13.1 Å². The van der Waals surface area contributed by atoms with E-state index in [1.54, 1.807) is 13.0 Å². The summed E-state index contributed by atoms with van der Waals surface area (Å²) in [5.74, 6) is 0.119. The molecule has 0 rings (SSSR count). The molecule has 0 aromatic heterocycles. The summed E-state index contributed by atoms with van der Waals surface area (Å²) in [5, 5.41) is 0. The molecule has 12 heavy (non-hydrogen) atoms. The fourth-order valence-corrected chi connectivity index (χ4v) is 1.20. The topological polar surface area (TPSA) is 20.3 Å². The van der Waals surface area contributed by atoms with Crippen LogP contribution in [0.5, 0.6) is 0 Å². The Morgan fingerprint density at radius 1 is 1.42 bits per heavy atom. The number of likely N-dealkylation sites (N-methyl/N-ethyl adjacent to an activating group) is 1. The monoisotopic (exact) mass is 169 g/mol. The largest absolute Gasteiger partial charge is 0.298 e. The minimum absolute atomic E-state index is 0.119. The molecule has 2 nitrogen and oxygen atoms in total. The highest BCUT2D eigenvalue weighted by Gasteiger charge is 2.05. The van der Waals surface area contributed by atoms with Gasteiger partial charge in [-0.15, -0.1) is 0 Å². The number of hydrogen-bond acceptors (Lipinski definition) is 2. The molecule has 0 amide bonds. The van der Waals surface area contributed by atoms with E-state index in [0.29, 0.717) is 6.04 Å². The quantitative estimate of drug-likeness (QED) is 0.585. The van der Waals surface area contributed by atoms with Crippen LogP contribution < -0.4 is 0 Å². The van der Waals surface area contributed by atoms with Crippen LogP contribution >= 0.6 is 0 Å². The fourth-order valence-electron chi connectivity index (χ4n) is 1.20. The molecule has 0 fully saturated rings. The van der Waals surface area contributed by atoms with Gasteiger partial charge in [0.2, 0.25) is 0 Å². The number of ketones is 1. The molecule has 0 bridgehead atoms. The van der Waals surface area contributed by atoms with Crippen molar-refractivity contribution in [3.8, 4) is 0 Å². The zero-order valence-corrected chi connectivity index (χ0v) is 8.50. The van der Waals surface area contributed by atoms with Gasteiger partial charge in [-0.05, 0) is 33.0 Å². The standard InChI is InChI=1S/C10H19NO/c1-5-11(6-2)9(3)7-8-10(4)12/h7-9H,5-6H2,1-4H3/b8-7+/t9-/m0/s1. The zero-order chi connectivity index (χ0) is 9.56. The van der Waals surface area contributed by atoms with E-state index in [0.717, 1.165) is 13.1 Å². The SMILES string of the molecule is CCN(CC)[C@@H](C)/C=C/C(C)=O. The predicted molar refractivity (Wildman–Crippen MR) is 52.2 cm³/mol. The lowest BCUT2D eigenvalue weighted by Gasteiger charge is -2.23. The first-order valence-electron chi connectivity index (χ1n) is 4.54. The van der Waals surface area contributed by atoms with Crippen molar-refractivity contribution in [1.29, 1.82) is 0 Å². The van der Waals surface area contributed by atoms with Gasteiger partial charge in [0, 0.05) is 6.04 Å². The minimum atomic E-state index is 0.119. The average Bonchev–Trinajstić information content (AvgIpc) is 2.03. The van der Waals surface area contributed by atoms with E-state index >= 15 is 0 Å². The van der Waals surface area contributed by atoms with Crippen LogP contribution in [0.3, 0.4) is 0 Å². The predicted octanol–water partition coefficient (Wildman–Crippen LogP) is 1.86. The van der Waals surface area contributed by atoms with E-state index < -0.39 is 0 Å². The Morgan fingerprint density at radius 2 is 1.92 bits per heavy atom. The number of hydrogen-bond donors (Lipinski definition) is 0. The molecule has 0 unspecified atom stereocenters. The Labute approximate surface area is 75.3 Å². The Bertz CT molecular complexity index is 159. The van der Waals surface area contributed by atoms with Crippen molar-refractivity contribution in [3.05, 3.63) is 12.2 Å². The van der Waals surface area contributed by atoms with Gasteiger partial charge in [-0.2, -0.15) is 0 Å². The van der Waals surface area contributed by atoms with Gasteiger partial charge >= 0.3 is 0 Å². The van der Waals surface area contributed by atoms with Crippen LogP contribution in [-0.4, -0.2) is 29.8 Å². The molecule has 70 valence electrons. The van der Waals surface area contributed by atoms with Crippen LogP contribution in [0, 0.1) is 0 Å². The van der Waals surface area contributed by atoms with Crippen molar-refractivity contribution in [3.63, 3.8) is 0 Å². The summed E-state index contributed by atoms with van der Waals surface area (Å²) >= 11 is 0. The van der Waals surface area contributed by atoms with Gasteiger partial charge in [0.1, 0.15) is 0 Å². The molecule has 0 aromatic carbocycles. The first kappa shape index (κ1) is 11.4. The molecule has 0 spiro atoms. The fraction of sp³-hybridized carbons (Fsp3) is 0.700. The number of nitrogens with zero attached hydrogens (tertiary/aromatic N) is 1. The van der Waals surface area contributed by atoms with Gasteiger partial charge in [0.05, 0.1) is 0 Å². The maximum Gasteiger partial charge on any atom is 0.152 e. The molecule has 0 N–H and O–H groups in total. The van der Waals surface area contributed by atoms with Crippen molar-refractivity contribution in [2.45, 2.75) is 33.7 Å². The highest BCUT2D eigenvalue weighted by atomic mass is 16.1. The van der Waals surface area contributed by atoms with Crippen molar-refractivity contribution in [2.24, 2.45) is 0 Å². The molecule has 0 saturated carbocycles. The van der Waals surface area contributed by atoms with E-state index in [9.17, 15) is 4.79 Å². The summed E-state index contributed by atoms with van der Waals surface area (Å²) in [6, 6.07) is 0.365. The summed E-state index contributed by atoms with van der Waals surface area (Å²) in [6.45, 7) is 9.99. The van der Waals surface area contributed by atoms with Crippen LogP contribution in [0.1, 0.15) is 27.7 Å². The van der Waals surface area contributed by atoms with Gasteiger partial charge in [-0.25, -0.2) is 0 Å². The Kier molecular flexibility index (Phi) is 5.64. The van der Waals surface area contributed by atoms with Gasteiger partial charge < -0.3 is 0 Å².